The molecule has 0 aliphatic rings. The van der Waals surface area contributed by atoms with Crippen LogP contribution in [0.1, 0.15) is 18.1 Å². The van der Waals surface area contributed by atoms with Crippen molar-refractivity contribution in [3.8, 4) is 10.7 Å². The predicted octanol–water partition coefficient (Wildman–Crippen LogP) is 6.09. The first-order valence-corrected chi connectivity index (χ1v) is 11.1. The lowest BCUT2D eigenvalue weighted by molar-refractivity contribution is -0.115. The number of hydrogen-bond acceptors (Lipinski definition) is 5. The molecule has 1 N–H and O–H groups in total. The van der Waals surface area contributed by atoms with Crippen LogP contribution in [0.5, 0.6) is 0 Å². The maximum absolute atomic E-state index is 12.9. The minimum Gasteiger partial charge on any atom is -0.325 e. The van der Waals surface area contributed by atoms with Crippen molar-refractivity contribution in [3.05, 3.63) is 71.1 Å². The first-order chi connectivity index (χ1) is 14.0. The summed E-state index contributed by atoms with van der Waals surface area (Å²) in [4.78, 5) is 23.4. The molecule has 0 aliphatic heterocycles. The van der Waals surface area contributed by atoms with Gasteiger partial charge in [0.15, 0.2) is 5.82 Å². The molecule has 6 heteroatoms. The number of amides is 1. The van der Waals surface area contributed by atoms with Gasteiger partial charge < -0.3 is 5.32 Å². The van der Waals surface area contributed by atoms with E-state index in [0.29, 0.717) is 5.82 Å². The monoisotopic (exact) mass is 419 g/mol. The molecule has 0 bridgehead atoms. The summed E-state index contributed by atoms with van der Waals surface area (Å²) in [5.74, 6) is 0.663. The number of carbonyl (C=O) groups excluding carboxylic acids is 1. The van der Waals surface area contributed by atoms with Crippen LogP contribution in [0.15, 0.2) is 65.0 Å². The van der Waals surface area contributed by atoms with Crippen LogP contribution in [-0.2, 0) is 4.79 Å². The molecule has 0 saturated heterocycles. The van der Waals surface area contributed by atoms with E-state index in [-0.39, 0.29) is 11.2 Å². The number of aryl methyl sites for hydroxylation is 2. The van der Waals surface area contributed by atoms with Gasteiger partial charge in [-0.15, -0.1) is 11.3 Å². The number of hydrogen-bond donors (Lipinski definition) is 1. The number of rotatable bonds is 5. The first-order valence-electron chi connectivity index (χ1n) is 9.37. The van der Waals surface area contributed by atoms with Crippen LogP contribution < -0.4 is 5.32 Å². The van der Waals surface area contributed by atoms with Crippen molar-refractivity contribution in [1.82, 2.24) is 9.97 Å². The summed E-state index contributed by atoms with van der Waals surface area (Å²) in [5, 5.41) is 6.59. The Morgan fingerprint density at radius 3 is 2.48 bits per heavy atom. The van der Waals surface area contributed by atoms with Gasteiger partial charge in [0.1, 0.15) is 5.03 Å². The maximum atomic E-state index is 12.9. The number of anilines is 1. The standard InChI is InChI=1S/C23H21N3OS2/c1-14-8-6-9-15(2)20(14)25-22(27)16(3)29-23-17-10-4-5-11-18(17)24-21(26-23)19-12-7-13-28-19/h4-13,16H,1-3H3,(H,25,27)/t16-/m0/s1. The number of carbonyl (C=O) groups is 1. The number of thiophene rings is 1. The van der Waals surface area contributed by atoms with Gasteiger partial charge in [0.05, 0.1) is 15.6 Å². The van der Waals surface area contributed by atoms with Crippen molar-refractivity contribution in [2.45, 2.75) is 31.0 Å². The van der Waals surface area contributed by atoms with E-state index in [9.17, 15) is 4.79 Å². The third-order valence-electron chi connectivity index (χ3n) is 4.70. The summed E-state index contributed by atoms with van der Waals surface area (Å²) in [6.07, 6.45) is 0. The first kappa shape index (κ1) is 19.6. The largest absolute Gasteiger partial charge is 0.325 e. The van der Waals surface area contributed by atoms with Crippen LogP contribution in [0.3, 0.4) is 0 Å². The van der Waals surface area contributed by atoms with E-state index in [1.165, 1.54) is 11.8 Å². The zero-order valence-electron chi connectivity index (χ0n) is 16.5. The lowest BCUT2D eigenvalue weighted by atomic mass is 10.1. The highest BCUT2D eigenvalue weighted by Gasteiger charge is 2.19. The van der Waals surface area contributed by atoms with Gasteiger partial charge in [-0.25, -0.2) is 9.97 Å². The van der Waals surface area contributed by atoms with E-state index >= 15 is 0 Å². The van der Waals surface area contributed by atoms with Crippen molar-refractivity contribution >= 4 is 45.6 Å². The highest BCUT2D eigenvalue weighted by molar-refractivity contribution is 8.00. The molecule has 0 aliphatic carbocycles. The Balaban J connectivity index is 1.63. The van der Waals surface area contributed by atoms with Crippen molar-refractivity contribution in [1.29, 1.82) is 0 Å². The number of nitrogens with zero attached hydrogens (tertiary/aromatic N) is 2. The molecule has 29 heavy (non-hydrogen) atoms. The van der Waals surface area contributed by atoms with Crippen LogP contribution >= 0.6 is 23.1 Å². The molecule has 4 rings (SSSR count). The van der Waals surface area contributed by atoms with Crippen molar-refractivity contribution < 1.29 is 4.79 Å². The normalized spacial score (nSPS) is 12.1. The molecule has 0 saturated carbocycles. The Hall–Kier alpha value is -2.70. The number of fused-ring (bicyclic) bond motifs is 1. The topological polar surface area (TPSA) is 54.9 Å². The van der Waals surface area contributed by atoms with Crippen LogP contribution in [0.25, 0.3) is 21.6 Å². The molecule has 2 aromatic carbocycles. The number of aromatic nitrogens is 2. The van der Waals surface area contributed by atoms with Gasteiger partial charge in [0.2, 0.25) is 5.91 Å². The minimum atomic E-state index is -0.302. The third-order valence-corrected chi connectivity index (χ3v) is 6.66. The van der Waals surface area contributed by atoms with Crippen LogP contribution in [-0.4, -0.2) is 21.1 Å². The molecule has 0 fully saturated rings. The summed E-state index contributed by atoms with van der Waals surface area (Å²) in [6.45, 7) is 5.92. The molecule has 0 unspecified atom stereocenters. The third kappa shape index (κ3) is 4.18. The van der Waals surface area contributed by atoms with E-state index in [0.717, 1.165) is 37.6 Å². The predicted molar refractivity (Wildman–Crippen MR) is 123 cm³/mol. The quantitative estimate of drug-likeness (QED) is 0.314. The molecule has 146 valence electrons. The summed E-state index contributed by atoms with van der Waals surface area (Å²) in [5.41, 5.74) is 3.89. The van der Waals surface area contributed by atoms with Gasteiger partial charge in [-0.2, -0.15) is 0 Å². The molecule has 4 aromatic rings. The highest BCUT2D eigenvalue weighted by atomic mass is 32.2. The number of nitrogens with one attached hydrogen (secondary N) is 1. The fourth-order valence-corrected chi connectivity index (χ4v) is 4.71. The second-order valence-electron chi connectivity index (χ2n) is 6.86. The zero-order chi connectivity index (χ0) is 20.4. The number of benzene rings is 2. The van der Waals surface area contributed by atoms with E-state index in [4.69, 9.17) is 9.97 Å². The second-order valence-corrected chi connectivity index (χ2v) is 9.14. The van der Waals surface area contributed by atoms with E-state index < -0.39 is 0 Å². The molecule has 4 nitrogen and oxygen atoms in total. The van der Waals surface area contributed by atoms with Crippen molar-refractivity contribution in [2.75, 3.05) is 5.32 Å². The average Bonchev–Trinajstić information content (AvgIpc) is 3.25. The summed E-state index contributed by atoms with van der Waals surface area (Å²) < 4.78 is 0. The van der Waals surface area contributed by atoms with Gasteiger partial charge in [-0.05, 0) is 49.4 Å². The summed E-state index contributed by atoms with van der Waals surface area (Å²) in [7, 11) is 0. The van der Waals surface area contributed by atoms with Gasteiger partial charge in [-0.3, -0.25) is 4.79 Å². The Morgan fingerprint density at radius 1 is 1.00 bits per heavy atom. The molecular weight excluding hydrogens is 398 g/mol. The summed E-state index contributed by atoms with van der Waals surface area (Å²) in [6, 6.07) is 18.0. The lowest BCUT2D eigenvalue weighted by Crippen LogP contribution is -2.23. The fraction of sp³-hybridized carbons (Fsp3) is 0.174. The van der Waals surface area contributed by atoms with E-state index in [1.807, 2.05) is 80.7 Å². The maximum Gasteiger partial charge on any atom is 0.237 e. The van der Waals surface area contributed by atoms with E-state index in [2.05, 4.69) is 5.32 Å². The fourth-order valence-electron chi connectivity index (χ4n) is 3.11. The minimum absolute atomic E-state index is 0.0345. The Labute approximate surface area is 178 Å². The van der Waals surface area contributed by atoms with Crippen molar-refractivity contribution in [3.63, 3.8) is 0 Å². The molecule has 1 atom stereocenters. The Morgan fingerprint density at radius 2 is 1.76 bits per heavy atom. The average molecular weight is 420 g/mol. The molecular formula is C23H21N3OS2. The van der Waals surface area contributed by atoms with Gasteiger partial charge >= 0.3 is 0 Å². The van der Waals surface area contributed by atoms with Crippen LogP contribution in [0.2, 0.25) is 0 Å². The lowest BCUT2D eigenvalue weighted by Gasteiger charge is -2.16. The molecule has 2 aromatic heterocycles. The van der Waals surface area contributed by atoms with E-state index in [1.54, 1.807) is 11.3 Å². The van der Waals surface area contributed by atoms with Crippen LogP contribution in [0, 0.1) is 13.8 Å². The summed E-state index contributed by atoms with van der Waals surface area (Å²) >= 11 is 3.07. The zero-order valence-corrected chi connectivity index (χ0v) is 18.1. The SMILES string of the molecule is Cc1cccc(C)c1NC(=O)[C@H](C)Sc1nc(-c2cccs2)nc2ccccc12. The smallest absolute Gasteiger partial charge is 0.237 e. The van der Waals surface area contributed by atoms with Gasteiger partial charge in [0, 0.05) is 11.1 Å². The van der Waals surface area contributed by atoms with Crippen molar-refractivity contribution in [2.24, 2.45) is 0 Å². The Kier molecular flexibility index (Phi) is 5.65. The molecule has 1 amide bonds. The number of thioether (sulfide) groups is 1. The number of para-hydroxylation sites is 2. The van der Waals surface area contributed by atoms with Gasteiger partial charge in [0.25, 0.3) is 0 Å². The van der Waals surface area contributed by atoms with Crippen LogP contribution in [0.4, 0.5) is 5.69 Å². The highest BCUT2D eigenvalue weighted by Crippen LogP contribution is 2.32. The van der Waals surface area contributed by atoms with Gasteiger partial charge in [-0.1, -0.05) is 54.2 Å². The molecule has 2 heterocycles. The Bertz CT molecular complexity index is 1150. The molecule has 0 radical (unpaired) electrons. The molecule has 0 spiro atoms. The second kappa shape index (κ2) is 8.35.